The molecule has 0 aromatic carbocycles. The van der Waals surface area contributed by atoms with E-state index in [1.54, 1.807) is 0 Å². The third kappa shape index (κ3) is 7.70. The van der Waals surface area contributed by atoms with Crippen molar-refractivity contribution in [1.29, 1.82) is 0 Å². The van der Waals surface area contributed by atoms with Crippen LogP contribution < -0.4 is 43.3 Å². The number of alkyl halides is 2. The van der Waals surface area contributed by atoms with Gasteiger partial charge in [0.2, 0.25) is 0 Å². The van der Waals surface area contributed by atoms with Crippen LogP contribution in [0.3, 0.4) is 0 Å². The van der Waals surface area contributed by atoms with Crippen molar-refractivity contribution in [3.63, 3.8) is 0 Å². The van der Waals surface area contributed by atoms with Crippen LogP contribution in [-0.4, -0.2) is 26.1 Å². The van der Waals surface area contributed by atoms with E-state index < -0.39 is 22.1 Å². The standard InChI is InChI=1S/C7H16FI2N/c1-7(6-9-2)4-5-11(3)10-8/h7H,4-6H2,1-3H3/q-2. The van der Waals surface area contributed by atoms with Crippen LogP contribution in [0.4, 0.5) is 2.86 Å². The molecule has 0 aliphatic carbocycles. The quantitative estimate of drug-likeness (QED) is 0.253. The normalized spacial score (nSPS) is 14.6. The Balaban J connectivity index is 3.22. The molecule has 0 aromatic rings. The molecule has 0 radical (unpaired) electrons. The average Bonchev–Trinajstić information content (AvgIpc) is 2.01. The van der Waals surface area contributed by atoms with E-state index in [2.05, 4.69) is 11.9 Å². The van der Waals surface area contributed by atoms with Gasteiger partial charge in [0.1, 0.15) is 0 Å². The van der Waals surface area contributed by atoms with Gasteiger partial charge < -0.3 is 0 Å². The summed E-state index contributed by atoms with van der Waals surface area (Å²) >= 11 is -0.728. The number of halogens is 3. The van der Waals surface area contributed by atoms with Gasteiger partial charge in [0.25, 0.3) is 0 Å². The van der Waals surface area contributed by atoms with Crippen LogP contribution in [0.2, 0.25) is 0 Å². The molecule has 72 valence electrons. The zero-order valence-corrected chi connectivity index (χ0v) is 11.6. The van der Waals surface area contributed by atoms with E-state index >= 15 is 0 Å². The number of rotatable bonds is 6. The van der Waals surface area contributed by atoms with Gasteiger partial charge in [-0.1, -0.05) is 0 Å². The summed E-state index contributed by atoms with van der Waals surface area (Å²) < 4.78 is 15.3. The second kappa shape index (κ2) is 7.97. The molecule has 0 fully saturated rings. The maximum atomic E-state index is 12.1. The Morgan fingerprint density at radius 2 is 2.18 bits per heavy atom. The van der Waals surface area contributed by atoms with Crippen molar-refractivity contribution in [2.45, 2.75) is 13.3 Å². The maximum absolute atomic E-state index is 12.1. The van der Waals surface area contributed by atoms with Crippen LogP contribution in [0.15, 0.2) is 0 Å². The minimum atomic E-state index is -1.15. The minimum absolute atomic E-state index is 0.427. The Kier molecular flexibility index (Phi) is 8.95. The number of hydrogen-bond donors (Lipinski definition) is 0. The molecule has 0 spiro atoms. The number of nitrogens with zero attached hydrogens (tertiary/aromatic N) is 1. The first-order valence-electron chi connectivity index (χ1n) is 3.61. The molecule has 1 nitrogen and oxygen atoms in total. The molecule has 0 rings (SSSR count). The third-order valence-electron chi connectivity index (χ3n) is 1.46. The van der Waals surface area contributed by atoms with Crippen LogP contribution in [0.25, 0.3) is 0 Å². The van der Waals surface area contributed by atoms with Crippen molar-refractivity contribution in [2.75, 3.05) is 23.0 Å². The van der Waals surface area contributed by atoms with E-state index in [-0.39, 0.29) is 0 Å². The Morgan fingerprint density at radius 1 is 1.55 bits per heavy atom. The molecule has 1 atom stereocenters. The first-order valence-corrected chi connectivity index (χ1v) is 9.08. The molecule has 0 heterocycles. The first-order chi connectivity index (χ1) is 5.20. The Labute approximate surface area is 90.8 Å². The zero-order valence-electron chi connectivity index (χ0n) is 7.28. The van der Waals surface area contributed by atoms with Crippen molar-refractivity contribution in [2.24, 2.45) is 5.92 Å². The summed E-state index contributed by atoms with van der Waals surface area (Å²) in [5.41, 5.74) is 0. The second-order valence-electron chi connectivity index (χ2n) is 2.71. The predicted molar refractivity (Wildman–Crippen MR) is 38.3 cm³/mol. The van der Waals surface area contributed by atoms with Crippen LogP contribution in [0, 0.1) is 5.92 Å². The van der Waals surface area contributed by atoms with Crippen molar-refractivity contribution in [1.82, 2.24) is 3.11 Å². The summed E-state index contributed by atoms with van der Waals surface area (Å²) in [6.07, 6.45) is 1.17. The van der Waals surface area contributed by atoms with Crippen LogP contribution in [-0.2, 0) is 0 Å². The average molecular weight is 387 g/mol. The van der Waals surface area contributed by atoms with Crippen molar-refractivity contribution >= 4 is 0 Å². The van der Waals surface area contributed by atoms with E-state index in [0.717, 1.165) is 12.5 Å². The molecule has 0 N–H and O–H groups in total. The van der Waals surface area contributed by atoms with E-state index in [0.29, 0.717) is 21.2 Å². The fraction of sp³-hybridized carbons (Fsp3) is 1.00. The van der Waals surface area contributed by atoms with Gasteiger partial charge >= 0.3 is 91.4 Å². The van der Waals surface area contributed by atoms with Crippen LogP contribution in [0.1, 0.15) is 13.3 Å². The van der Waals surface area contributed by atoms with Gasteiger partial charge in [-0.3, -0.25) is 0 Å². The first kappa shape index (κ1) is 12.3. The molecule has 11 heavy (non-hydrogen) atoms. The van der Waals surface area contributed by atoms with Crippen molar-refractivity contribution in [3.05, 3.63) is 0 Å². The molecule has 1 unspecified atom stereocenters. The van der Waals surface area contributed by atoms with Gasteiger partial charge in [0.05, 0.1) is 0 Å². The van der Waals surface area contributed by atoms with E-state index in [9.17, 15) is 2.86 Å². The number of hydrogen-bond acceptors (Lipinski definition) is 1. The summed E-state index contributed by atoms with van der Waals surface area (Å²) in [6.45, 7) is 3.22. The van der Waals surface area contributed by atoms with Crippen LogP contribution in [0.5, 0.6) is 0 Å². The molecule has 0 bridgehead atoms. The van der Waals surface area contributed by atoms with E-state index in [4.69, 9.17) is 0 Å². The van der Waals surface area contributed by atoms with E-state index in [1.165, 1.54) is 10.8 Å². The fourth-order valence-corrected chi connectivity index (χ4v) is 3.18. The Morgan fingerprint density at radius 3 is 2.64 bits per heavy atom. The molecule has 0 amide bonds. The zero-order chi connectivity index (χ0) is 8.69. The Bertz CT molecular complexity index is 92.5. The summed E-state index contributed by atoms with van der Waals surface area (Å²) in [7, 11) is 1.88. The second-order valence-corrected chi connectivity index (χ2v) is 7.13. The van der Waals surface area contributed by atoms with Gasteiger partial charge in [0.15, 0.2) is 0 Å². The van der Waals surface area contributed by atoms with Crippen LogP contribution >= 0.6 is 0 Å². The van der Waals surface area contributed by atoms with Gasteiger partial charge in [-0.15, -0.1) is 0 Å². The van der Waals surface area contributed by atoms with Gasteiger partial charge in [-0.05, 0) is 0 Å². The van der Waals surface area contributed by atoms with Gasteiger partial charge in [-0.25, -0.2) is 0 Å². The molecule has 0 aromatic heterocycles. The fourth-order valence-electron chi connectivity index (χ4n) is 0.771. The predicted octanol–water partition coefficient (Wildman–Crippen LogP) is -4.45. The van der Waals surface area contributed by atoms with Crippen molar-refractivity contribution in [3.8, 4) is 0 Å². The Hall–Kier alpha value is 1.35. The van der Waals surface area contributed by atoms with Crippen molar-refractivity contribution < 1.29 is 46.1 Å². The summed E-state index contributed by atoms with van der Waals surface area (Å²) in [5, 5.41) is 0. The summed E-state index contributed by atoms with van der Waals surface area (Å²) in [6, 6.07) is 0. The molecule has 4 heteroatoms. The summed E-state index contributed by atoms with van der Waals surface area (Å²) in [4.78, 5) is 2.31. The molecule has 0 aliphatic rings. The monoisotopic (exact) mass is 387 g/mol. The molecular formula is C7H16FI2N-2. The summed E-state index contributed by atoms with van der Waals surface area (Å²) in [5.74, 6) is 0.811. The molecule has 0 saturated carbocycles. The molecule has 0 saturated heterocycles. The SMILES string of the molecule is C[I-]CC(C)CCN(C)[I-]F. The molecular weight excluding hydrogens is 371 g/mol. The topological polar surface area (TPSA) is 3.24 Å². The molecule has 0 aliphatic heterocycles. The third-order valence-corrected chi connectivity index (χ3v) is 4.95. The van der Waals surface area contributed by atoms with Gasteiger partial charge in [0, 0.05) is 0 Å². The van der Waals surface area contributed by atoms with E-state index in [1.807, 2.05) is 10.2 Å². The van der Waals surface area contributed by atoms with Gasteiger partial charge in [-0.2, -0.15) is 0 Å².